The van der Waals surface area contributed by atoms with Gasteiger partial charge < -0.3 is 5.32 Å². The fourth-order valence-corrected chi connectivity index (χ4v) is 2.11. The highest BCUT2D eigenvalue weighted by Gasteiger charge is 2.05. The van der Waals surface area contributed by atoms with Crippen LogP contribution in [0, 0.1) is 0 Å². The Morgan fingerprint density at radius 2 is 2.17 bits per heavy atom. The minimum atomic E-state index is 0.585. The molecule has 0 unspecified atom stereocenters. The summed E-state index contributed by atoms with van der Waals surface area (Å²) in [6.45, 7) is 3.56. The Kier molecular flexibility index (Phi) is 4.44. The van der Waals surface area contributed by atoms with Gasteiger partial charge in [0.25, 0.3) is 0 Å². The summed E-state index contributed by atoms with van der Waals surface area (Å²) in [6, 6.07) is 5.36. The highest BCUT2D eigenvalue weighted by molar-refractivity contribution is 6.36. The third kappa shape index (κ3) is 3.15. The number of benzene rings is 1. The molecule has 18 heavy (non-hydrogen) atoms. The van der Waals surface area contributed by atoms with E-state index in [0.29, 0.717) is 16.6 Å². The number of aryl methyl sites for hydroxylation is 1. The fourth-order valence-electron chi connectivity index (χ4n) is 1.63. The van der Waals surface area contributed by atoms with Crippen LogP contribution in [-0.4, -0.2) is 14.8 Å². The first-order chi connectivity index (χ1) is 8.70. The summed E-state index contributed by atoms with van der Waals surface area (Å²) >= 11 is 11.9. The molecule has 2 aromatic rings. The molecule has 0 saturated carbocycles. The van der Waals surface area contributed by atoms with Crippen LogP contribution in [-0.2, 0) is 13.1 Å². The molecule has 0 bridgehead atoms. The number of anilines is 1. The van der Waals surface area contributed by atoms with Gasteiger partial charge in [-0.15, -0.1) is 0 Å². The Morgan fingerprint density at radius 1 is 1.33 bits per heavy atom. The maximum atomic E-state index is 6.08. The molecular weight excluding hydrogens is 271 g/mol. The Morgan fingerprint density at radius 3 is 2.89 bits per heavy atom. The Balaban J connectivity index is 2.04. The van der Waals surface area contributed by atoms with Crippen molar-refractivity contribution in [3.05, 3.63) is 40.4 Å². The van der Waals surface area contributed by atoms with Crippen molar-refractivity contribution in [3.8, 4) is 0 Å². The van der Waals surface area contributed by atoms with Crippen LogP contribution < -0.4 is 5.32 Å². The highest BCUT2D eigenvalue weighted by Crippen LogP contribution is 2.25. The first kappa shape index (κ1) is 13.2. The van der Waals surface area contributed by atoms with Crippen molar-refractivity contribution in [3.63, 3.8) is 0 Å². The first-order valence-corrected chi connectivity index (χ1v) is 6.52. The van der Waals surface area contributed by atoms with Crippen LogP contribution >= 0.6 is 23.2 Å². The summed E-state index contributed by atoms with van der Waals surface area (Å²) in [5, 5.41) is 8.62. The predicted molar refractivity (Wildman–Crippen MR) is 74.1 cm³/mol. The van der Waals surface area contributed by atoms with Crippen molar-refractivity contribution in [1.29, 1.82) is 0 Å². The fraction of sp³-hybridized carbons (Fsp3) is 0.333. The van der Waals surface area contributed by atoms with Gasteiger partial charge in [-0.2, -0.15) is 5.10 Å². The molecule has 0 radical (unpaired) electrons. The van der Waals surface area contributed by atoms with E-state index < -0.39 is 0 Å². The second-order valence-corrected chi connectivity index (χ2v) is 4.72. The summed E-state index contributed by atoms with van der Waals surface area (Å²) < 4.78 is 1.89. The van der Waals surface area contributed by atoms with E-state index in [1.807, 2.05) is 10.7 Å². The molecule has 0 aliphatic heterocycles. The Labute approximate surface area is 116 Å². The smallest absolute Gasteiger partial charge is 0.146 e. The molecule has 96 valence electrons. The molecule has 2 rings (SSSR count). The van der Waals surface area contributed by atoms with Gasteiger partial charge in [0.2, 0.25) is 0 Å². The Hall–Kier alpha value is -1.26. The minimum Gasteiger partial charge on any atom is -0.377 e. The number of halogens is 2. The molecule has 1 heterocycles. The van der Waals surface area contributed by atoms with E-state index in [0.717, 1.165) is 24.5 Å². The third-order valence-corrected chi connectivity index (χ3v) is 3.05. The zero-order chi connectivity index (χ0) is 13.0. The first-order valence-electron chi connectivity index (χ1n) is 5.76. The zero-order valence-corrected chi connectivity index (χ0v) is 11.5. The van der Waals surface area contributed by atoms with Crippen molar-refractivity contribution in [2.45, 2.75) is 26.4 Å². The van der Waals surface area contributed by atoms with Gasteiger partial charge in [-0.25, -0.2) is 9.67 Å². The summed E-state index contributed by atoms with van der Waals surface area (Å²) in [4.78, 5) is 4.22. The second-order valence-electron chi connectivity index (χ2n) is 3.88. The largest absolute Gasteiger partial charge is 0.377 e. The van der Waals surface area contributed by atoms with Gasteiger partial charge in [0.15, 0.2) is 0 Å². The van der Waals surface area contributed by atoms with Crippen LogP contribution in [0.5, 0.6) is 0 Å². The molecule has 4 nitrogen and oxygen atoms in total. The van der Waals surface area contributed by atoms with E-state index in [2.05, 4.69) is 22.3 Å². The average molecular weight is 285 g/mol. The van der Waals surface area contributed by atoms with E-state index in [4.69, 9.17) is 23.2 Å². The van der Waals surface area contributed by atoms with E-state index >= 15 is 0 Å². The van der Waals surface area contributed by atoms with Gasteiger partial charge in [-0.05, 0) is 24.6 Å². The zero-order valence-electron chi connectivity index (χ0n) is 10.0. The standard InChI is InChI=1S/C12H14Cl2N4/c1-2-5-18-12(16-8-17-18)7-15-11-4-3-9(13)6-10(11)14/h3-4,6,8,15H,2,5,7H2,1H3. The van der Waals surface area contributed by atoms with Gasteiger partial charge >= 0.3 is 0 Å². The third-order valence-electron chi connectivity index (χ3n) is 2.50. The molecule has 1 aromatic carbocycles. The van der Waals surface area contributed by atoms with Crippen LogP contribution in [0.15, 0.2) is 24.5 Å². The minimum absolute atomic E-state index is 0.585. The van der Waals surface area contributed by atoms with Crippen molar-refractivity contribution < 1.29 is 0 Å². The number of hydrogen-bond donors (Lipinski definition) is 1. The molecule has 6 heteroatoms. The van der Waals surface area contributed by atoms with Crippen LogP contribution in [0.1, 0.15) is 19.2 Å². The van der Waals surface area contributed by atoms with Crippen molar-refractivity contribution in [2.75, 3.05) is 5.32 Å². The van der Waals surface area contributed by atoms with Crippen LogP contribution in [0.2, 0.25) is 10.0 Å². The molecule has 0 aliphatic rings. The average Bonchev–Trinajstić information content (AvgIpc) is 2.76. The normalized spacial score (nSPS) is 10.6. The lowest BCUT2D eigenvalue weighted by Gasteiger charge is -2.09. The molecule has 0 fully saturated rings. The topological polar surface area (TPSA) is 42.7 Å². The lowest BCUT2D eigenvalue weighted by Crippen LogP contribution is -2.10. The number of aromatic nitrogens is 3. The van der Waals surface area contributed by atoms with Crippen LogP contribution in [0.3, 0.4) is 0 Å². The van der Waals surface area contributed by atoms with Crippen molar-refractivity contribution in [1.82, 2.24) is 14.8 Å². The molecular formula is C12H14Cl2N4. The van der Waals surface area contributed by atoms with Gasteiger partial charge in [0.1, 0.15) is 12.2 Å². The second kappa shape index (κ2) is 6.07. The summed E-state index contributed by atoms with van der Waals surface area (Å²) in [6.07, 6.45) is 2.59. The lowest BCUT2D eigenvalue weighted by molar-refractivity contribution is 0.574. The van der Waals surface area contributed by atoms with Crippen LogP contribution in [0.4, 0.5) is 5.69 Å². The lowest BCUT2D eigenvalue weighted by atomic mass is 10.3. The quantitative estimate of drug-likeness (QED) is 0.912. The van der Waals surface area contributed by atoms with Gasteiger partial charge in [0.05, 0.1) is 17.3 Å². The molecule has 0 atom stereocenters. The molecule has 0 aliphatic carbocycles. The monoisotopic (exact) mass is 284 g/mol. The number of hydrogen-bond acceptors (Lipinski definition) is 3. The van der Waals surface area contributed by atoms with E-state index in [1.54, 1.807) is 18.5 Å². The summed E-state index contributed by atoms with van der Waals surface area (Å²) in [5.41, 5.74) is 0.840. The Bertz CT molecular complexity index is 525. The van der Waals surface area contributed by atoms with E-state index in [9.17, 15) is 0 Å². The molecule has 0 spiro atoms. The predicted octanol–water partition coefficient (Wildman–Crippen LogP) is 3.61. The van der Waals surface area contributed by atoms with Gasteiger partial charge in [0, 0.05) is 11.6 Å². The van der Waals surface area contributed by atoms with Gasteiger partial charge in [-0.3, -0.25) is 0 Å². The SMILES string of the molecule is CCCn1ncnc1CNc1ccc(Cl)cc1Cl. The molecule has 0 saturated heterocycles. The van der Waals surface area contributed by atoms with Crippen LogP contribution in [0.25, 0.3) is 0 Å². The van der Waals surface area contributed by atoms with Gasteiger partial charge in [-0.1, -0.05) is 30.1 Å². The van der Waals surface area contributed by atoms with E-state index in [-0.39, 0.29) is 0 Å². The van der Waals surface area contributed by atoms with Crippen molar-refractivity contribution >= 4 is 28.9 Å². The number of nitrogens with zero attached hydrogens (tertiary/aromatic N) is 3. The number of rotatable bonds is 5. The molecule has 1 N–H and O–H groups in total. The molecule has 1 aromatic heterocycles. The maximum absolute atomic E-state index is 6.08. The number of nitrogens with one attached hydrogen (secondary N) is 1. The van der Waals surface area contributed by atoms with E-state index in [1.165, 1.54) is 0 Å². The summed E-state index contributed by atoms with van der Waals surface area (Å²) in [7, 11) is 0. The maximum Gasteiger partial charge on any atom is 0.146 e. The van der Waals surface area contributed by atoms with Crippen molar-refractivity contribution in [2.24, 2.45) is 0 Å². The highest BCUT2D eigenvalue weighted by atomic mass is 35.5. The summed E-state index contributed by atoms with van der Waals surface area (Å²) in [5.74, 6) is 0.892. The molecule has 0 amide bonds.